The third-order valence-corrected chi connectivity index (χ3v) is 4.70. The summed E-state index contributed by atoms with van der Waals surface area (Å²) in [5, 5.41) is 6.31. The highest BCUT2D eigenvalue weighted by Gasteiger charge is 2.17. The van der Waals surface area contributed by atoms with Crippen molar-refractivity contribution in [2.75, 3.05) is 27.2 Å². The summed E-state index contributed by atoms with van der Waals surface area (Å²) in [5.41, 5.74) is 1.35. The van der Waals surface area contributed by atoms with Gasteiger partial charge in [0, 0.05) is 30.1 Å². The number of hydrogen-bond donors (Lipinski definition) is 2. The molecule has 0 aliphatic heterocycles. The Balaban J connectivity index is 1.73. The zero-order valence-electron chi connectivity index (χ0n) is 16.0. The number of benzene rings is 2. The summed E-state index contributed by atoms with van der Waals surface area (Å²) < 4.78 is 12.9. The van der Waals surface area contributed by atoms with E-state index in [0.29, 0.717) is 36.5 Å². The van der Waals surface area contributed by atoms with Crippen LogP contribution in [0.4, 0.5) is 4.39 Å². The van der Waals surface area contributed by atoms with Gasteiger partial charge in [0.25, 0.3) is 5.91 Å². The van der Waals surface area contributed by atoms with E-state index in [1.165, 1.54) is 24.3 Å². The van der Waals surface area contributed by atoms with Crippen LogP contribution < -0.4 is 10.6 Å². The van der Waals surface area contributed by atoms with Crippen LogP contribution in [-0.2, 0) is 4.79 Å². The van der Waals surface area contributed by atoms with Gasteiger partial charge in [-0.25, -0.2) is 4.39 Å². The third-order valence-electron chi connectivity index (χ3n) is 4.35. The molecule has 0 radical (unpaired) electrons. The van der Waals surface area contributed by atoms with Crippen molar-refractivity contribution < 1.29 is 14.0 Å². The van der Waals surface area contributed by atoms with Gasteiger partial charge in [-0.2, -0.15) is 0 Å². The molecule has 0 bridgehead atoms. The first-order valence-corrected chi connectivity index (χ1v) is 9.47. The van der Waals surface area contributed by atoms with Crippen molar-refractivity contribution in [3.63, 3.8) is 0 Å². The number of nitrogens with one attached hydrogen (secondary N) is 2. The molecule has 2 aromatic rings. The highest BCUT2D eigenvalue weighted by atomic mass is 35.5. The lowest BCUT2D eigenvalue weighted by molar-refractivity contribution is -0.121. The largest absolute Gasteiger partial charge is 0.354 e. The SMILES string of the molecule is CN(C)C(CNC(=O)CCCNC(=O)c1ccc(F)cc1)c1ccccc1Cl. The lowest BCUT2D eigenvalue weighted by atomic mass is 10.1. The molecule has 1 atom stereocenters. The van der Waals surface area contributed by atoms with Crippen LogP contribution in [0.15, 0.2) is 48.5 Å². The summed E-state index contributed by atoms with van der Waals surface area (Å²) in [7, 11) is 3.87. The quantitative estimate of drug-likeness (QED) is 0.628. The fraction of sp³-hybridized carbons (Fsp3) is 0.333. The molecule has 0 saturated heterocycles. The van der Waals surface area contributed by atoms with Crippen molar-refractivity contribution in [1.82, 2.24) is 15.5 Å². The van der Waals surface area contributed by atoms with E-state index in [1.807, 2.05) is 43.3 Å². The third kappa shape index (κ3) is 6.62. The van der Waals surface area contributed by atoms with Gasteiger partial charge in [0.15, 0.2) is 0 Å². The van der Waals surface area contributed by atoms with E-state index in [2.05, 4.69) is 10.6 Å². The molecule has 2 amide bonds. The van der Waals surface area contributed by atoms with E-state index in [-0.39, 0.29) is 23.7 Å². The molecule has 150 valence electrons. The van der Waals surface area contributed by atoms with E-state index in [4.69, 9.17) is 11.6 Å². The Labute approximate surface area is 169 Å². The number of halogens is 2. The van der Waals surface area contributed by atoms with Crippen LogP contribution in [-0.4, -0.2) is 43.9 Å². The number of hydrogen-bond acceptors (Lipinski definition) is 3. The number of carbonyl (C=O) groups excluding carboxylic acids is 2. The summed E-state index contributed by atoms with van der Waals surface area (Å²) in [5.74, 6) is -0.761. The van der Waals surface area contributed by atoms with Gasteiger partial charge in [-0.15, -0.1) is 0 Å². The number of carbonyl (C=O) groups is 2. The first-order chi connectivity index (χ1) is 13.4. The predicted molar refractivity (Wildman–Crippen MR) is 109 cm³/mol. The van der Waals surface area contributed by atoms with Gasteiger partial charge in [0.1, 0.15) is 5.82 Å². The first kappa shape index (κ1) is 21.9. The van der Waals surface area contributed by atoms with Crippen LogP contribution in [0.3, 0.4) is 0 Å². The molecule has 2 N–H and O–H groups in total. The van der Waals surface area contributed by atoms with Crippen LogP contribution in [0, 0.1) is 5.82 Å². The highest BCUT2D eigenvalue weighted by Crippen LogP contribution is 2.25. The van der Waals surface area contributed by atoms with Gasteiger partial charge in [-0.1, -0.05) is 29.8 Å². The molecule has 0 aliphatic rings. The van der Waals surface area contributed by atoms with Crippen LogP contribution in [0.5, 0.6) is 0 Å². The second kappa shape index (κ2) is 10.8. The number of likely N-dealkylation sites (N-methyl/N-ethyl adjacent to an activating group) is 1. The molecule has 0 fully saturated rings. The van der Waals surface area contributed by atoms with Gasteiger partial charge in [0.05, 0.1) is 6.04 Å². The zero-order chi connectivity index (χ0) is 20.5. The molecule has 2 rings (SSSR count). The van der Waals surface area contributed by atoms with Gasteiger partial charge >= 0.3 is 0 Å². The Morgan fingerprint density at radius 2 is 1.75 bits per heavy atom. The van der Waals surface area contributed by atoms with E-state index in [1.54, 1.807) is 0 Å². The van der Waals surface area contributed by atoms with E-state index in [9.17, 15) is 14.0 Å². The molecule has 0 heterocycles. The molecule has 0 aromatic heterocycles. The summed E-state index contributed by atoms with van der Waals surface area (Å²) >= 11 is 6.27. The second-order valence-corrected chi connectivity index (χ2v) is 7.08. The molecule has 0 saturated carbocycles. The smallest absolute Gasteiger partial charge is 0.251 e. The topological polar surface area (TPSA) is 61.4 Å². The van der Waals surface area contributed by atoms with E-state index >= 15 is 0 Å². The van der Waals surface area contributed by atoms with Crippen molar-refractivity contribution >= 4 is 23.4 Å². The minimum atomic E-state index is -0.388. The maximum atomic E-state index is 12.9. The van der Waals surface area contributed by atoms with Crippen molar-refractivity contribution in [2.45, 2.75) is 18.9 Å². The Morgan fingerprint density at radius 3 is 2.39 bits per heavy atom. The summed E-state index contributed by atoms with van der Waals surface area (Å²) in [6.07, 6.45) is 0.809. The number of nitrogens with zero attached hydrogens (tertiary/aromatic N) is 1. The van der Waals surface area contributed by atoms with Crippen molar-refractivity contribution in [2.24, 2.45) is 0 Å². The predicted octanol–water partition coefficient (Wildman–Crippen LogP) is 3.41. The lowest BCUT2D eigenvalue weighted by Crippen LogP contribution is -2.35. The normalized spacial score (nSPS) is 11.9. The molecule has 7 heteroatoms. The van der Waals surface area contributed by atoms with Crippen molar-refractivity contribution in [3.8, 4) is 0 Å². The molecule has 0 spiro atoms. The van der Waals surface area contributed by atoms with Gasteiger partial charge in [0.2, 0.25) is 5.91 Å². The monoisotopic (exact) mass is 405 g/mol. The number of amides is 2. The van der Waals surface area contributed by atoms with Gasteiger partial charge < -0.3 is 15.5 Å². The Kier molecular flexibility index (Phi) is 8.42. The standard InChI is InChI=1S/C21H25ClFN3O2/c1-26(2)19(17-6-3-4-7-18(17)22)14-25-20(27)8-5-13-24-21(28)15-9-11-16(23)12-10-15/h3-4,6-7,9-12,19H,5,8,13-14H2,1-2H3,(H,24,28)(H,25,27). The van der Waals surface area contributed by atoms with Crippen LogP contribution in [0.2, 0.25) is 5.02 Å². The molecular weight excluding hydrogens is 381 g/mol. The fourth-order valence-electron chi connectivity index (χ4n) is 2.77. The van der Waals surface area contributed by atoms with Crippen LogP contribution in [0.25, 0.3) is 0 Å². The summed E-state index contributed by atoms with van der Waals surface area (Å²) in [4.78, 5) is 26.1. The van der Waals surface area contributed by atoms with Crippen LogP contribution >= 0.6 is 11.6 Å². The highest BCUT2D eigenvalue weighted by molar-refractivity contribution is 6.31. The maximum Gasteiger partial charge on any atom is 0.251 e. The van der Waals surface area contributed by atoms with E-state index in [0.717, 1.165) is 5.56 Å². The minimum absolute atomic E-state index is 0.0316. The zero-order valence-corrected chi connectivity index (χ0v) is 16.8. The Morgan fingerprint density at radius 1 is 1.07 bits per heavy atom. The van der Waals surface area contributed by atoms with Gasteiger partial charge in [-0.05, 0) is 56.4 Å². The average Bonchev–Trinajstić information content (AvgIpc) is 2.67. The minimum Gasteiger partial charge on any atom is -0.354 e. The molecule has 5 nitrogen and oxygen atoms in total. The fourth-order valence-corrected chi connectivity index (χ4v) is 3.03. The summed E-state index contributed by atoms with van der Waals surface area (Å²) in [6, 6.07) is 12.9. The average molecular weight is 406 g/mol. The Hall–Kier alpha value is -2.44. The molecule has 28 heavy (non-hydrogen) atoms. The second-order valence-electron chi connectivity index (χ2n) is 6.67. The molecule has 1 unspecified atom stereocenters. The van der Waals surface area contributed by atoms with Crippen molar-refractivity contribution in [3.05, 3.63) is 70.5 Å². The Bertz CT molecular complexity index is 796. The molecular formula is C21H25ClFN3O2. The number of rotatable bonds is 9. The molecule has 0 aliphatic carbocycles. The van der Waals surface area contributed by atoms with Gasteiger partial charge in [-0.3, -0.25) is 9.59 Å². The first-order valence-electron chi connectivity index (χ1n) is 9.10. The summed E-state index contributed by atoms with van der Waals surface area (Å²) in [6.45, 7) is 0.808. The van der Waals surface area contributed by atoms with Crippen LogP contribution in [0.1, 0.15) is 34.8 Å². The molecule has 2 aromatic carbocycles. The lowest BCUT2D eigenvalue weighted by Gasteiger charge is -2.26. The van der Waals surface area contributed by atoms with E-state index < -0.39 is 0 Å². The van der Waals surface area contributed by atoms with Crippen molar-refractivity contribution in [1.29, 1.82) is 0 Å². The maximum absolute atomic E-state index is 12.9.